The summed E-state index contributed by atoms with van der Waals surface area (Å²) < 4.78 is 33.8. The Hall–Kier alpha value is -1.82. The second-order valence-electron chi connectivity index (χ2n) is 5.72. The Labute approximate surface area is 169 Å². The molecule has 0 spiro atoms. The molecule has 146 valence electrons. The summed E-state index contributed by atoms with van der Waals surface area (Å²) in [5.74, 6) is -3.06. The average molecular weight is 492 g/mol. The van der Waals surface area contributed by atoms with Gasteiger partial charge in [-0.05, 0) is 65.4 Å². The molecule has 0 aromatic heterocycles. The van der Waals surface area contributed by atoms with E-state index in [0.29, 0.717) is 5.69 Å². The van der Waals surface area contributed by atoms with Gasteiger partial charge in [0.1, 0.15) is 12.7 Å². The summed E-state index contributed by atoms with van der Waals surface area (Å²) in [6.07, 6.45) is -0.938. The summed E-state index contributed by atoms with van der Waals surface area (Å²) in [7, 11) is 1.41. The van der Waals surface area contributed by atoms with Crippen LogP contribution in [0.3, 0.4) is 0 Å². The number of ether oxygens (including phenoxy) is 1. The summed E-state index contributed by atoms with van der Waals surface area (Å²) in [5, 5.41) is 12.3. The Morgan fingerprint density at radius 1 is 1.26 bits per heavy atom. The van der Waals surface area contributed by atoms with Crippen molar-refractivity contribution in [3.05, 3.63) is 56.7 Å². The van der Waals surface area contributed by atoms with E-state index >= 15 is 0 Å². The summed E-state index contributed by atoms with van der Waals surface area (Å²) in [5.41, 5.74) is 2.98. The topological polar surface area (TPSA) is 79.8 Å². The number of benzene rings is 2. The van der Waals surface area contributed by atoms with Crippen LogP contribution in [-0.4, -0.2) is 37.4 Å². The highest BCUT2D eigenvalue weighted by molar-refractivity contribution is 14.1. The Bertz CT molecular complexity index is 820. The van der Waals surface area contributed by atoms with Crippen LogP contribution in [0, 0.1) is 22.1 Å². The monoisotopic (exact) mass is 492 g/mol. The lowest BCUT2D eigenvalue weighted by atomic mass is 10.1. The van der Waals surface area contributed by atoms with E-state index in [1.165, 1.54) is 7.11 Å². The summed E-state index contributed by atoms with van der Waals surface area (Å²) in [4.78, 5) is 17.2. The number of anilines is 2. The van der Waals surface area contributed by atoms with Crippen LogP contribution in [-0.2, 0) is 9.57 Å². The molecule has 3 N–H and O–H groups in total. The first-order valence-electron chi connectivity index (χ1n) is 7.93. The number of aryl methyl sites for hydroxylation is 1. The van der Waals surface area contributed by atoms with Gasteiger partial charge >= 0.3 is 0 Å². The van der Waals surface area contributed by atoms with E-state index in [0.717, 1.165) is 21.3 Å². The number of nitrogens with one attached hydrogen (secondary N) is 2. The van der Waals surface area contributed by atoms with Gasteiger partial charge in [0.15, 0.2) is 11.6 Å². The third-order valence-corrected chi connectivity index (χ3v) is 4.26. The molecule has 1 atom stereocenters. The highest BCUT2D eigenvalue weighted by Gasteiger charge is 2.20. The van der Waals surface area contributed by atoms with Gasteiger partial charge in [0.25, 0.3) is 5.91 Å². The standard InChI is InChI=1S/C18H19F2IN2O4/c1-10-7-11(21)3-6-15(10)22-17-13(4-5-14(19)16(17)20)18(25)23-27-9-12(24)8-26-2/h3-7,12,22,24H,8-9H2,1-2H3,(H,23,25). The van der Waals surface area contributed by atoms with Crippen LogP contribution in [0.15, 0.2) is 30.3 Å². The van der Waals surface area contributed by atoms with Gasteiger partial charge < -0.3 is 15.2 Å². The van der Waals surface area contributed by atoms with Crippen LogP contribution in [0.2, 0.25) is 0 Å². The Morgan fingerprint density at radius 3 is 2.67 bits per heavy atom. The molecule has 1 unspecified atom stereocenters. The molecule has 0 radical (unpaired) electrons. The zero-order valence-electron chi connectivity index (χ0n) is 14.7. The largest absolute Gasteiger partial charge is 0.388 e. The van der Waals surface area contributed by atoms with Crippen molar-refractivity contribution in [1.82, 2.24) is 5.48 Å². The van der Waals surface area contributed by atoms with Gasteiger partial charge in [-0.2, -0.15) is 0 Å². The van der Waals surface area contributed by atoms with E-state index in [4.69, 9.17) is 9.57 Å². The smallest absolute Gasteiger partial charge is 0.277 e. The van der Waals surface area contributed by atoms with Crippen LogP contribution in [0.5, 0.6) is 0 Å². The van der Waals surface area contributed by atoms with Crippen molar-refractivity contribution in [2.45, 2.75) is 13.0 Å². The number of methoxy groups -OCH3 is 1. The maximum atomic E-state index is 14.4. The molecular weight excluding hydrogens is 473 g/mol. The molecule has 2 aromatic rings. The van der Waals surface area contributed by atoms with Crippen molar-refractivity contribution in [3.63, 3.8) is 0 Å². The molecule has 27 heavy (non-hydrogen) atoms. The summed E-state index contributed by atoms with van der Waals surface area (Å²) in [6.45, 7) is 1.62. The number of carbonyl (C=O) groups is 1. The number of rotatable bonds is 8. The maximum absolute atomic E-state index is 14.4. The van der Waals surface area contributed by atoms with E-state index in [9.17, 15) is 18.7 Å². The van der Waals surface area contributed by atoms with Gasteiger partial charge in [0, 0.05) is 16.4 Å². The zero-order valence-corrected chi connectivity index (χ0v) is 16.8. The number of hydroxylamine groups is 1. The second kappa shape index (κ2) is 9.93. The van der Waals surface area contributed by atoms with Crippen LogP contribution < -0.4 is 10.8 Å². The maximum Gasteiger partial charge on any atom is 0.277 e. The molecule has 2 aromatic carbocycles. The molecule has 0 aliphatic rings. The zero-order chi connectivity index (χ0) is 20.0. The number of hydrogen-bond acceptors (Lipinski definition) is 5. The molecule has 6 nitrogen and oxygen atoms in total. The predicted molar refractivity (Wildman–Crippen MR) is 105 cm³/mol. The van der Waals surface area contributed by atoms with Gasteiger partial charge in [-0.3, -0.25) is 9.63 Å². The fourth-order valence-corrected chi connectivity index (χ4v) is 2.91. The molecule has 0 saturated carbocycles. The SMILES string of the molecule is COCC(O)CONC(=O)c1ccc(F)c(F)c1Nc1ccc(I)cc1C. The molecule has 0 fully saturated rings. The third kappa shape index (κ3) is 5.83. The van der Waals surface area contributed by atoms with E-state index in [1.54, 1.807) is 12.1 Å². The number of amides is 1. The summed E-state index contributed by atoms with van der Waals surface area (Å²) >= 11 is 2.14. The highest BCUT2D eigenvalue weighted by Crippen LogP contribution is 2.28. The first-order valence-corrected chi connectivity index (χ1v) is 9.01. The minimum Gasteiger partial charge on any atom is -0.388 e. The molecule has 1 amide bonds. The Balaban J connectivity index is 2.21. The van der Waals surface area contributed by atoms with Crippen molar-refractivity contribution in [2.24, 2.45) is 0 Å². The average Bonchev–Trinajstić information content (AvgIpc) is 2.61. The quantitative estimate of drug-likeness (QED) is 0.390. The van der Waals surface area contributed by atoms with Gasteiger partial charge in [0.2, 0.25) is 0 Å². The molecule has 9 heteroatoms. The van der Waals surface area contributed by atoms with Crippen molar-refractivity contribution in [1.29, 1.82) is 0 Å². The van der Waals surface area contributed by atoms with E-state index in [-0.39, 0.29) is 24.5 Å². The Morgan fingerprint density at radius 2 is 2.00 bits per heavy atom. The van der Waals surface area contributed by atoms with E-state index in [2.05, 4.69) is 33.4 Å². The number of aliphatic hydroxyl groups excluding tert-OH is 1. The van der Waals surface area contributed by atoms with Gasteiger partial charge in [-0.1, -0.05) is 0 Å². The van der Waals surface area contributed by atoms with Crippen molar-refractivity contribution in [2.75, 3.05) is 25.6 Å². The number of aliphatic hydroxyl groups is 1. The molecular formula is C18H19F2IN2O4. The minimum atomic E-state index is -1.18. The van der Waals surface area contributed by atoms with Gasteiger partial charge in [-0.15, -0.1) is 0 Å². The van der Waals surface area contributed by atoms with Crippen LogP contribution in [0.25, 0.3) is 0 Å². The molecule has 0 bridgehead atoms. The molecule has 2 rings (SSSR count). The van der Waals surface area contributed by atoms with Crippen LogP contribution >= 0.6 is 22.6 Å². The van der Waals surface area contributed by atoms with Gasteiger partial charge in [-0.25, -0.2) is 14.3 Å². The highest BCUT2D eigenvalue weighted by atomic mass is 127. The lowest BCUT2D eigenvalue weighted by molar-refractivity contribution is -0.0365. The first kappa shape index (κ1) is 21.5. The van der Waals surface area contributed by atoms with Crippen molar-refractivity contribution >= 4 is 39.9 Å². The lowest BCUT2D eigenvalue weighted by Gasteiger charge is -2.16. The second-order valence-corrected chi connectivity index (χ2v) is 6.97. The predicted octanol–water partition coefficient (Wildman–Crippen LogP) is 3.29. The molecule has 0 saturated heterocycles. The van der Waals surface area contributed by atoms with Crippen molar-refractivity contribution in [3.8, 4) is 0 Å². The molecule has 0 heterocycles. The normalized spacial score (nSPS) is 11.9. The third-order valence-electron chi connectivity index (χ3n) is 3.59. The first-order chi connectivity index (χ1) is 12.8. The minimum absolute atomic E-state index is 0.0277. The fraction of sp³-hybridized carbons (Fsp3) is 0.278. The van der Waals surface area contributed by atoms with Crippen LogP contribution in [0.4, 0.5) is 20.2 Å². The van der Waals surface area contributed by atoms with Gasteiger partial charge in [0.05, 0.1) is 17.9 Å². The van der Waals surface area contributed by atoms with E-state index in [1.807, 2.05) is 13.0 Å². The molecule has 0 aliphatic heterocycles. The number of carbonyl (C=O) groups excluding carboxylic acids is 1. The van der Waals surface area contributed by atoms with Crippen molar-refractivity contribution < 1.29 is 28.3 Å². The fourth-order valence-electron chi connectivity index (χ4n) is 2.26. The lowest BCUT2D eigenvalue weighted by Crippen LogP contribution is -2.30. The van der Waals surface area contributed by atoms with Crippen LogP contribution in [0.1, 0.15) is 15.9 Å². The number of halogens is 3. The number of hydrogen-bond donors (Lipinski definition) is 3. The molecule has 0 aliphatic carbocycles. The van der Waals surface area contributed by atoms with E-state index < -0.39 is 23.6 Å². The summed E-state index contributed by atoms with van der Waals surface area (Å²) in [6, 6.07) is 7.37. The Kier molecular flexibility index (Phi) is 7.90.